The van der Waals surface area contributed by atoms with Crippen LogP contribution in [0.15, 0.2) is 35.8 Å². The maximum absolute atomic E-state index is 5.73. The van der Waals surface area contributed by atoms with Gasteiger partial charge in [0.15, 0.2) is 0 Å². The third kappa shape index (κ3) is 2.94. The Balaban J connectivity index is 1.98. The van der Waals surface area contributed by atoms with E-state index >= 15 is 0 Å². The SMILES string of the molecule is ClCc1cccc(OCc2nccs2)c1. The number of benzene rings is 1. The van der Waals surface area contributed by atoms with Crippen LogP contribution < -0.4 is 4.74 Å². The van der Waals surface area contributed by atoms with Gasteiger partial charge in [-0.1, -0.05) is 12.1 Å². The highest BCUT2D eigenvalue weighted by molar-refractivity contribution is 7.09. The average Bonchev–Trinajstić information content (AvgIpc) is 2.79. The molecule has 0 amide bonds. The summed E-state index contributed by atoms with van der Waals surface area (Å²) in [6.45, 7) is 0.517. The molecule has 0 bridgehead atoms. The van der Waals surface area contributed by atoms with E-state index in [9.17, 15) is 0 Å². The molecular weight excluding hydrogens is 230 g/mol. The molecule has 0 radical (unpaired) electrons. The van der Waals surface area contributed by atoms with Crippen LogP contribution in [0.4, 0.5) is 0 Å². The fraction of sp³-hybridized carbons (Fsp3) is 0.182. The van der Waals surface area contributed by atoms with Gasteiger partial charge < -0.3 is 4.74 Å². The highest BCUT2D eigenvalue weighted by atomic mass is 35.5. The van der Waals surface area contributed by atoms with Crippen molar-refractivity contribution < 1.29 is 4.74 Å². The summed E-state index contributed by atoms with van der Waals surface area (Å²) in [4.78, 5) is 4.14. The van der Waals surface area contributed by atoms with Gasteiger partial charge in [-0.15, -0.1) is 22.9 Å². The van der Waals surface area contributed by atoms with Crippen molar-refractivity contribution in [3.63, 3.8) is 0 Å². The Morgan fingerprint density at radius 2 is 2.33 bits per heavy atom. The summed E-state index contributed by atoms with van der Waals surface area (Å²) >= 11 is 7.32. The second-order valence-electron chi connectivity index (χ2n) is 3.00. The third-order valence-electron chi connectivity index (χ3n) is 1.90. The van der Waals surface area contributed by atoms with Crippen molar-refractivity contribution in [1.82, 2.24) is 4.98 Å². The highest BCUT2D eigenvalue weighted by Crippen LogP contribution is 2.16. The van der Waals surface area contributed by atoms with Gasteiger partial charge >= 0.3 is 0 Å². The highest BCUT2D eigenvalue weighted by Gasteiger charge is 1.98. The van der Waals surface area contributed by atoms with E-state index in [1.807, 2.05) is 29.6 Å². The molecule has 2 nitrogen and oxygen atoms in total. The minimum absolute atomic E-state index is 0.508. The Morgan fingerprint density at radius 1 is 1.40 bits per heavy atom. The number of rotatable bonds is 4. The van der Waals surface area contributed by atoms with Gasteiger partial charge in [0.05, 0.1) is 0 Å². The van der Waals surface area contributed by atoms with E-state index in [4.69, 9.17) is 16.3 Å². The summed E-state index contributed by atoms with van der Waals surface area (Å²) < 4.78 is 5.58. The molecule has 0 saturated heterocycles. The Hall–Kier alpha value is -1.06. The predicted octanol–water partition coefficient (Wildman–Crippen LogP) is 3.46. The molecular formula is C11H10ClNOS. The number of thiazole rings is 1. The molecule has 15 heavy (non-hydrogen) atoms. The summed E-state index contributed by atoms with van der Waals surface area (Å²) in [6, 6.07) is 7.78. The summed E-state index contributed by atoms with van der Waals surface area (Å²) in [5, 5.41) is 2.92. The van der Waals surface area contributed by atoms with Crippen LogP contribution in [0, 0.1) is 0 Å². The van der Waals surface area contributed by atoms with Crippen molar-refractivity contribution in [1.29, 1.82) is 0 Å². The van der Waals surface area contributed by atoms with Crippen LogP contribution in [-0.2, 0) is 12.5 Å². The average molecular weight is 240 g/mol. The van der Waals surface area contributed by atoms with E-state index in [1.54, 1.807) is 17.5 Å². The summed E-state index contributed by atoms with van der Waals surface area (Å²) in [5.74, 6) is 1.34. The Morgan fingerprint density at radius 3 is 3.07 bits per heavy atom. The smallest absolute Gasteiger partial charge is 0.140 e. The molecule has 2 rings (SSSR count). The molecule has 4 heteroatoms. The van der Waals surface area contributed by atoms with Crippen LogP contribution in [0.25, 0.3) is 0 Å². The third-order valence-corrected chi connectivity index (χ3v) is 2.96. The zero-order chi connectivity index (χ0) is 10.5. The first-order chi connectivity index (χ1) is 7.38. The molecule has 0 fully saturated rings. The quantitative estimate of drug-likeness (QED) is 0.763. The van der Waals surface area contributed by atoms with E-state index in [2.05, 4.69) is 4.98 Å². The number of ether oxygens (including phenoxy) is 1. The molecule has 0 N–H and O–H groups in total. The first kappa shape index (κ1) is 10.5. The number of aromatic nitrogens is 1. The largest absolute Gasteiger partial charge is 0.486 e. The second-order valence-corrected chi connectivity index (χ2v) is 4.24. The van der Waals surface area contributed by atoms with Gasteiger partial charge in [0.2, 0.25) is 0 Å². The molecule has 78 valence electrons. The van der Waals surface area contributed by atoms with Gasteiger partial charge in [-0.05, 0) is 17.7 Å². The number of hydrogen-bond donors (Lipinski definition) is 0. The first-order valence-corrected chi connectivity index (χ1v) is 5.96. The first-order valence-electron chi connectivity index (χ1n) is 4.54. The second kappa shape index (κ2) is 5.14. The van der Waals surface area contributed by atoms with Gasteiger partial charge in [0.25, 0.3) is 0 Å². The summed E-state index contributed by atoms with van der Waals surface area (Å²) in [5.41, 5.74) is 1.06. The van der Waals surface area contributed by atoms with Crippen molar-refractivity contribution in [3.8, 4) is 5.75 Å². The molecule has 1 aromatic carbocycles. The van der Waals surface area contributed by atoms with Gasteiger partial charge in [0.1, 0.15) is 17.4 Å². The lowest BCUT2D eigenvalue weighted by atomic mass is 10.2. The molecule has 0 saturated carbocycles. The standard InChI is InChI=1S/C11H10ClNOS/c12-7-9-2-1-3-10(6-9)14-8-11-13-4-5-15-11/h1-6H,7-8H2. The predicted molar refractivity (Wildman–Crippen MR) is 62.4 cm³/mol. The maximum atomic E-state index is 5.73. The number of alkyl halides is 1. The fourth-order valence-corrected chi connectivity index (χ4v) is 1.88. The molecule has 0 aliphatic heterocycles. The number of halogens is 1. The number of hydrogen-bond acceptors (Lipinski definition) is 3. The van der Waals surface area contributed by atoms with Crippen molar-refractivity contribution >= 4 is 22.9 Å². The van der Waals surface area contributed by atoms with E-state index in [1.165, 1.54) is 0 Å². The minimum Gasteiger partial charge on any atom is -0.486 e. The van der Waals surface area contributed by atoms with Crippen LogP contribution in [0.2, 0.25) is 0 Å². The topological polar surface area (TPSA) is 22.1 Å². The molecule has 0 atom stereocenters. The van der Waals surface area contributed by atoms with Crippen LogP contribution >= 0.6 is 22.9 Å². The lowest BCUT2D eigenvalue weighted by Gasteiger charge is -2.04. The fourth-order valence-electron chi connectivity index (χ4n) is 1.19. The monoisotopic (exact) mass is 239 g/mol. The van der Waals surface area contributed by atoms with E-state index in [0.717, 1.165) is 16.3 Å². The molecule has 0 aliphatic carbocycles. The minimum atomic E-state index is 0.508. The molecule has 1 aromatic heterocycles. The lowest BCUT2D eigenvalue weighted by molar-refractivity contribution is 0.305. The Labute approximate surface area is 97.5 Å². The Kier molecular flexibility index (Phi) is 3.59. The molecule has 1 heterocycles. The lowest BCUT2D eigenvalue weighted by Crippen LogP contribution is -1.94. The Bertz CT molecular complexity index is 416. The number of nitrogens with zero attached hydrogens (tertiary/aromatic N) is 1. The van der Waals surface area contributed by atoms with Crippen LogP contribution in [0.5, 0.6) is 5.75 Å². The van der Waals surface area contributed by atoms with Gasteiger partial charge in [-0.3, -0.25) is 0 Å². The van der Waals surface area contributed by atoms with Gasteiger partial charge in [-0.25, -0.2) is 4.98 Å². The van der Waals surface area contributed by atoms with Crippen molar-refractivity contribution in [2.75, 3.05) is 0 Å². The van der Waals surface area contributed by atoms with Crippen molar-refractivity contribution in [2.45, 2.75) is 12.5 Å². The molecule has 0 aliphatic rings. The van der Waals surface area contributed by atoms with Gasteiger partial charge in [-0.2, -0.15) is 0 Å². The summed E-state index contributed by atoms with van der Waals surface area (Å²) in [6.07, 6.45) is 1.78. The van der Waals surface area contributed by atoms with Gasteiger partial charge in [0, 0.05) is 17.5 Å². The van der Waals surface area contributed by atoms with E-state index < -0.39 is 0 Å². The van der Waals surface area contributed by atoms with Crippen molar-refractivity contribution in [2.24, 2.45) is 0 Å². The zero-order valence-electron chi connectivity index (χ0n) is 8.02. The normalized spacial score (nSPS) is 10.2. The van der Waals surface area contributed by atoms with E-state index in [0.29, 0.717) is 12.5 Å². The molecule has 0 unspecified atom stereocenters. The molecule has 2 aromatic rings. The molecule has 0 spiro atoms. The van der Waals surface area contributed by atoms with Crippen LogP contribution in [-0.4, -0.2) is 4.98 Å². The zero-order valence-corrected chi connectivity index (χ0v) is 9.59. The summed E-state index contributed by atoms with van der Waals surface area (Å²) in [7, 11) is 0. The van der Waals surface area contributed by atoms with Crippen molar-refractivity contribution in [3.05, 3.63) is 46.4 Å². The van der Waals surface area contributed by atoms with E-state index in [-0.39, 0.29) is 0 Å². The van der Waals surface area contributed by atoms with Crippen LogP contribution in [0.3, 0.4) is 0 Å². The van der Waals surface area contributed by atoms with Crippen LogP contribution in [0.1, 0.15) is 10.6 Å². The maximum Gasteiger partial charge on any atom is 0.140 e.